The molecule has 0 saturated heterocycles. The summed E-state index contributed by atoms with van der Waals surface area (Å²) in [6, 6.07) is 2.19. The highest BCUT2D eigenvalue weighted by Gasteiger charge is 2.32. The highest BCUT2D eigenvalue weighted by molar-refractivity contribution is 7.89. The molecule has 0 saturated carbocycles. The molecule has 10 heteroatoms. The first-order valence-corrected chi connectivity index (χ1v) is 7.98. The van der Waals surface area contributed by atoms with Crippen LogP contribution in [0.1, 0.15) is 13.8 Å². The number of nitrogens with two attached hydrogens (primary N) is 1. The number of sulfonamides is 1. The van der Waals surface area contributed by atoms with E-state index >= 15 is 0 Å². The lowest BCUT2D eigenvalue weighted by atomic mass is 10.2. The Bertz CT molecular complexity index is 674. The molecular formula is C13H17FN2O6S. The molecular weight excluding hydrogens is 331 g/mol. The first-order valence-electron chi connectivity index (χ1n) is 6.50. The summed E-state index contributed by atoms with van der Waals surface area (Å²) in [6.45, 7) is 2.36. The van der Waals surface area contributed by atoms with E-state index in [0.29, 0.717) is 0 Å². The van der Waals surface area contributed by atoms with E-state index in [1.54, 1.807) is 0 Å². The second kappa shape index (κ2) is 7.49. The zero-order valence-corrected chi connectivity index (χ0v) is 13.2. The lowest BCUT2D eigenvalue weighted by Crippen LogP contribution is -2.49. The van der Waals surface area contributed by atoms with Crippen molar-refractivity contribution >= 4 is 21.9 Å². The van der Waals surface area contributed by atoms with E-state index in [9.17, 15) is 27.5 Å². The molecule has 0 bridgehead atoms. The highest BCUT2D eigenvalue weighted by Crippen LogP contribution is 2.12. The number of aliphatic hydroxyl groups is 1. The standard InChI is InChI=1S/C13H17FN2O6S/c1-7(17)11(13(19)22-8(2)12(15)18)16-23(20,21)10-5-3-9(14)4-6-10/h3-8,11,16-17H,1-2H3,(H2,15,18)/t7-,8+,11-/m1/s1. The van der Waals surface area contributed by atoms with Crippen LogP contribution in [0, 0.1) is 5.82 Å². The molecule has 23 heavy (non-hydrogen) atoms. The van der Waals surface area contributed by atoms with Crippen molar-refractivity contribution in [2.45, 2.75) is 37.0 Å². The average Bonchev–Trinajstić information content (AvgIpc) is 2.44. The van der Waals surface area contributed by atoms with Crippen molar-refractivity contribution in [1.29, 1.82) is 0 Å². The first kappa shape index (κ1) is 19.0. The van der Waals surface area contributed by atoms with Crippen molar-refractivity contribution in [3.8, 4) is 0 Å². The number of esters is 1. The van der Waals surface area contributed by atoms with Crippen LogP contribution in [-0.4, -0.2) is 43.7 Å². The number of hydrogen-bond acceptors (Lipinski definition) is 6. The summed E-state index contributed by atoms with van der Waals surface area (Å²) in [5, 5.41) is 9.58. The number of nitrogens with one attached hydrogen (secondary N) is 1. The van der Waals surface area contributed by atoms with Gasteiger partial charge in [-0.25, -0.2) is 12.8 Å². The van der Waals surface area contributed by atoms with Gasteiger partial charge < -0.3 is 15.6 Å². The summed E-state index contributed by atoms with van der Waals surface area (Å²) in [7, 11) is -4.22. The molecule has 0 radical (unpaired) electrons. The number of carbonyl (C=O) groups is 2. The Morgan fingerprint density at radius 1 is 1.26 bits per heavy atom. The minimum absolute atomic E-state index is 0.305. The number of rotatable bonds is 7. The maximum absolute atomic E-state index is 12.8. The van der Waals surface area contributed by atoms with Crippen molar-refractivity contribution in [2.24, 2.45) is 5.73 Å². The third-order valence-electron chi connectivity index (χ3n) is 2.84. The van der Waals surface area contributed by atoms with Gasteiger partial charge in [0.1, 0.15) is 11.9 Å². The summed E-state index contributed by atoms with van der Waals surface area (Å²) >= 11 is 0. The van der Waals surface area contributed by atoms with Gasteiger partial charge in [-0.1, -0.05) is 0 Å². The quantitative estimate of drug-likeness (QED) is 0.556. The molecule has 0 heterocycles. The second-order valence-electron chi connectivity index (χ2n) is 4.77. The number of ether oxygens (including phenoxy) is 1. The van der Waals surface area contributed by atoms with Crippen LogP contribution in [0.4, 0.5) is 4.39 Å². The Balaban J connectivity index is 2.97. The normalized spacial score (nSPS) is 15.5. The molecule has 1 aromatic rings. The van der Waals surface area contributed by atoms with Gasteiger partial charge >= 0.3 is 5.97 Å². The van der Waals surface area contributed by atoms with E-state index in [0.717, 1.165) is 31.2 Å². The Morgan fingerprint density at radius 2 is 1.78 bits per heavy atom. The number of halogens is 1. The molecule has 0 aliphatic heterocycles. The predicted molar refractivity (Wildman–Crippen MR) is 76.9 cm³/mol. The molecule has 0 aliphatic carbocycles. The fourth-order valence-corrected chi connectivity index (χ4v) is 2.76. The first-order chi connectivity index (χ1) is 10.5. The fraction of sp³-hybridized carbons (Fsp3) is 0.385. The van der Waals surface area contributed by atoms with Crippen molar-refractivity contribution < 1.29 is 32.2 Å². The summed E-state index contributed by atoms with van der Waals surface area (Å²) in [4.78, 5) is 22.5. The SMILES string of the molecule is C[C@H](OC(=O)[C@H](NS(=O)(=O)c1ccc(F)cc1)[C@@H](C)O)C(N)=O. The monoisotopic (exact) mass is 348 g/mol. The minimum Gasteiger partial charge on any atom is -0.451 e. The van der Waals surface area contributed by atoms with Crippen molar-refractivity contribution in [3.05, 3.63) is 30.1 Å². The van der Waals surface area contributed by atoms with Gasteiger partial charge in [0, 0.05) is 0 Å². The van der Waals surface area contributed by atoms with E-state index in [1.807, 2.05) is 4.72 Å². The van der Waals surface area contributed by atoms with Crippen LogP contribution >= 0.6 is 0 Å². The predicted octanol–water partition coefficient (Wildman–Crippen LogP) is -0.730. The molecule has 0 aromatic heterocycles. The molecule has 4 N–H and O–H groups in total. The largest absolute Gasteiger partial charge is 0.451 e. The Morgan fingerprint density at radius 3 is 2.22 bits per heavy atom. The molecule has 1 amide bonds. The summed E-state index contributed by atoms with van der Waals surface area (Å²) in [5.41, 5.74) is 4.94. The van der Waals surface area contributed by atoms with E-state index < -0.39 is 46.0 Å². The zero-order valence-electron chi connectivity index (χ0n) is 12.4. The van der Waals surface area contributed by atoms with Gasteiger partial charge in [-0.3, -0.25) is 9.59 Å². The van der Waals surface area contributed by atoms with Crippen LogP contribution in [0.3, 0.4) is 0 Å². The summed E-state index contributed by atoms with van der Waals surface area (Å²) < 4.78 is 43.7. The number of aliphatic hydroxyl groups excluding tert-OH is 1. The molecule has 3 atom stereocenters. The lowest BCUT2D eigenvalue weighted by Gasteiger charge is -2.21. The molecule has 1 rings (SSSR count). The Hall–Kier alpha value is -2.04. The molecule has 1 aromatic carbocycles. The van der Waals surface area contributed by atoms with Crippen LogP contribution in [0.15, 0.2) is 29.2 Å². The minimum atomic E-state index is -4.22. The number of benzene rings is 1. The van der Waals surface area contributed by atoms with Crippen LogP contribution in [0.2, 0.25) is 0 Å². The zero-order chi connectivity index (χ0) is 17.8. The van der Waals surface area contributed by atoms with Gasteiger partial charge in [0.2, 0.25) is 10.0 Å². The molecule has 0 fully saturated rings. The molecule has 128 valence electrons. The average molecular weight is 348 g/mol. The Kier molecular flexibility index (Phi) is 6.19. The van der Waals surface area contributed by atoms with Gasteiger partial charge in [0.25, 0.3) is 5.91 Å². The van der Waals surface area contributed by atoms with E-state index in [4.69, 9.17) is 5.73 Å². The molecule has 0 aliphatic rings. The van der Waals surface area contributed by atoms with Gasteiger partial charge in [-0.2, -0.15) is 4.72 Å². The van der Waals surface area contributed by atoms with Crippen LogP contribution < -0.4 is 10.5 Å². The number of hydrogen-bond donors (Lipinski definition) is 3. The second-order valence-corrected chi connectivity index (χ2v) is 6.49. The van der Waals surface area contributed by atoms with Crippen molar-refractivity contribution in [1.82, 2.24) is 4.72 Å². The van der Waals surface area contributed by atoms with Gasteiger partial charge in [0.05, 0.1) is 11.0 Å². The Labute approximate surface area is 132 Å². The molecule has 0 unspecified atom stereocenters. The highest BCUT2D eigenvalue weighted by atomic mass is 32.2. The topological polar surface area (TPSA) is 136 Å². The lowest BCUT2D eigenvalue weighted by molar-refractivity contribution is -0.157. The van der Waals surface area contributed by atoms with Crippen LogP contribution in [0.25, 0.3) is 0 Å². The third-order valence-corrected chi connectivity index (χ3v) is 4.29. The smallest absolute Gasteiger partial charge is 0.327 e. The van der Waals surface area contributed by atoms with E-state index in [2.05, 4.69) is 4.74 Å². The van der Waals surface area contributed by atoms with Gasteiger partial charge in [0.15, 0.2) is 6.10 Å². The molecule has 8 nitrogen and oxygen atoms in total. The van der Waals surface area contributed by atoms with E-state index in [1.165, 1.54) is 6.92 Å². The van der Waals surface area contributed by atoms with E-state index in [-0.39, 0.29) is 4.90 Å². The van der Waals surface area contributed by atoms with Crippen molar-refractivity contribution in [2.75, 3.05) is 0 Å². The van der Waals surface area contributed by atoms with Gasteiger partial charge in [-0.15, -0.1) is 0 Å². The molecule has 0 spiro atoms. The van der Waals surface area contributed by atoms with Crippen LogP contribution in [0.5, 0.6) is 0 Å². The number of carbonyl (C=O) groups excluding carboxylic acids is 2. The number of amides is 1. The maximum atomic E-state index is 12.8. The summed E-state index contributed by atoms with van der Waals surface area (Å²) in [6.07, 6.45) is -2.74. The number of primary amides is 1. The van der Waals surface area contributed by atoms with Crippen molar-refractivity contribution in [3.63, 3.8) is 0 Å². The fourth-order valence-electron chi connectivity index (χ4n) is 1.50. The van der Waals surface area contributed by atoms with Crippen LogP contribution in [-0.2, 0) is 24.3 Å². The van der Waals surface area contributed by atoms with Gasteiger partial charge in [-0.05, 0) is 38.1 Å². The third kappa shape index (κ3) is 5.27. The summed E-state index contributed by atoms with van der Waals surface area (Å²) in [5.74, 6) is -2.73. The maximum Gasteiger partial charge on any atom is 0.327 e.